The van der Waals surface area contributed by atoms with E-state index in [2.05, 4.69) is 15.6 Å². The SMILES string of the molecule is Cc1c(C(=O)N(C)C2CC3CCC(C2)N3)nnn1-c1cccc([N+](=O)[O-])c1. The molecule has 0 saturated carbocycles. The molecule has 1 aromatic heterocycles. The highest BCUT2D eigenvalue weighted by molar-refractivity contribution is 5.93. The molecule has 2 saturated heterocycles. The van der Waals surface area contributed by atoms with Crippen molar-refractivity contribution < 1.29 is 9.72 Å². The van der Waals surface area contributed by atoms with Crippen molar-refractivity contribution >= 4 is 11.6 Å². The molecule has 0 aliphatic carbocycles. The number of nitrogens with one attached hydrogen (secondary N) is 1. The van der Waals surface area contributed by atoms with Gasteiger partial charge < -0.3 is 10.2 Å². The van der Waals surface area contributed by atoms with Gasteiger partial charge in [0.05, 0.1) is 16.3 Å². The lowest BCUT2D eigenvalue weighted by molar-refractivity contribution is -0.384. The Bertz CT molecular complexity index is 883. The Morgan fingerprint density at radius 1 is 1.33 bits per heavy atom. The van der Waals surface area contributed by atoms with E-state index < -0.39 is 4.92 Å². The Morgan fingerprint density at radius 3 is 2.70 bits per heavy atom. The van der Waals surface area contributed by atoms with Gasteiger partial charge >= 0.3 is 0 Å². The van der Waals surface area contributed by atoms with Gasteiger partial charge in [-0.25, -0.2) is 4.68 Å². The van der Waals surface area contributed by atoms with Gasteiger partial charge in [-0.15, -0.1) is 5.10 Å². The fourth-order valence-electron chi connectivity index (χ4n) is 4.19. The lowest BCUT2D eigenvalue weighted by Gasteiger charge is -2.35. The lowest BCUT2D eigenvalue weighted by atomic mass is 9.98. The van der Waals surface area contributed by atoms with E-state index in [1.807, 2.05) is 7.05 Å². The first-order chi connectivity index (χ1) is 12.9. The van der Waals surface area contributed by atoms with Gasteiger partial charge in [-0.2, -0.15) is 0 Å². The highest BCUT2D eigenvalue weighted by Crippen LogP contribution is 2.30. The van der Waals surface area contributed by atoms with Crippen molar-refractivity contribution in [2.45, 2.75) is 50.7 Å². The fraction of sp³-hybridized carbons (Fsp3) is 0.500. The number of amides is 1. The summed E-state index contributed by atoms with van der Waals surface area (Å²) in [6.45, 7) is 1.76. The summed E-state index contributed by atoms with van der Waals surface area (Å²) >= 11 is 0. The molecule has 4 rings (SSSR count). The van der Waals surface area contributed by atoms with Crippen molar-refractivity contribution in [3.8, 4) is 5.69 Å². The number of hydrogen-bond acceptors (Lipinski definition) is 6. The van der Waals surface area contributed by atoms with Crippen molar-refractivity contribution in [2.24, 2.45) is 0 Å². The van der Waals surface area contributed by atoms with Crippen LogP contribution in [0, 0.1) is 17.0 Å². The van der Waals surface area contributed by atoms with Crippen molar-refractivity contribution in [2.75, 3.05) is 7.05 Å². The molecule has 2 aliphatic rings. The first kappa shape index (κ1) is 17.6. The molecule has 2 aromatic rings. The number of piperidine rings is 1. The molecule has 0 radical (unpaired) electrons. The molecule has 9 nitrogen and oxygen atoms in total. The number of fused-ring (bicyclic) bond motifs is 2. The standard InChI is InChI=1S/C18H22N6O3/c1-11-17(18(25)22(2)16-8-12-6-7-13(9-16)19-12)20-21-23(11)14-4-3-5-15(10-14)24(26)27/h3-5,10,12-13,16,19H,6-9H2,1-2H3. The van der Waals surface area contributed by atoms with Gasteiger partial charge in [0.15, 0.2) is 5.69 Å². The van der Waals surface area contributed by atoms with Crippen LogP contribution >= 0.6 is 0 Å². The van der Waals surface area contributed by atoms with E-state index in [1.165, 1.54) is 29.7 Å². The second-order valence-corrected chi connectivity index (χ2v) is 7.39. The zero-order valence-electron chi connectivity index (χ0n) is 15.3. The third kappa shape index (κ3) is 3.18. The topological polar surface area (TPSA) is 106 Å². The molecule has 1 aromatic carbocycles. The molecule has 3 heterocycles. The average molecular weight is 370 g/mol. The number of nitro groups is 1. The molecule has 2 fully saturated rings. The summed E-state index contributed by atoms with van der Waals surface area (Å²) in [5.41, 5.74) is 1.34. The van der Waals surface area contributed by atoms with E-state index in [0.717, 1.165) is 12.8 Å². The first-order valence-electron chi connectivity index (χ1n) is 9.14. The molecular formula is C18H22N6O3. The molecule has 2 bridgehead atoms. The van der Waals surface area contributed by atoms with E-state index >= 15 is 0 Å². The maximum absolute atomic E-state index is 13.0. The number of hydrogen-bond donors (Lipinski definition) is 1. The summed E-state index contributed by atoms with van der Waals surface area (Å²) in [6, 6.07) is 7.31. The maximum Gasteiger partial charge on any atom is 0.276 e. The van der Waals surface area contributed by atoms with Gasteiger partial charge in [-0.1, -0.05) is 11.3 Å². The number of carbonyl (C=O) groups excluding carboxylic acids is 1. The molecule has 2 unspecified atom stereocenters. The number of benzene rings is 1. The van der Waals surface area contributed by atoms with Crippen LogP contribution in [-0.4, -0.2) is 55.9 Å². The Balaban J connectivity index is 1.57. The van der Waals surface area contributed by atoms with E-state index in [1.54, 1.807) is 24.0 Å². The highest BCUT2D eigenvalue weighted by Gasteiger charge is 2.37. The monoisotopic (exact) mass is 370 g/mol. The molecular weight excluding hydrogens is 348 g/mol. The minimum atomic E-state index is -0.457. The number of rotatable bonds is 4. The lowest BCUT2D eigenvalue weighted by Crippen LogP contribution is -2.48. The molecule has 2 atom stereocenters. The second-order valence-electron chi connectivity index (χ2n) is 7.39. The number of carbonyl (C=O) groups is 1. The van der Waals surface area contributed by atoms with Gasteiger partial charge in [-0.05, 0) is 38.7 Å². The predicted octanol–water partition coefficient (Wildman–Crippen LogP) is 1.84. The summed E-state index contributed by atoms with van der Waals surface area (Å²) in [7, 11) is 1.82. The van der Waals surface area contributed by atoms with Gasteiger partial charge in [0.25, 0.3) is 11.6 Å². The van der Waals surface area contributed by atoms with Crippen molar-refractivity contribution in [3.05, 3.63) is 45.8 Å². The van der Waals surface area contributed by atoms with Crippen LogP contribution < -0.4 is 5.32 Å². The van der Waals surface area contributed by atoms with Crippen LogP contribution in [0.25, 0.3) is 5.69 Å². The van der Waals surface area contributed by atoms with Crippen LogP contribution in [-0.2, 0) is 0 Å². The van der Waals surface area contributed by atoms with E-state index in [9.17, 15) is 14.9 Å². The summed E-state index contributed by atoms with van der Waals surface area (Å²) in [6.07, 6.45) is 4.25. The summed E-state index contributed by atoms with van der Waals surface area (Å²) in [4.78, 5) is 25.3. The van der Waals surface area contributed by atoms with E-state index in [4.69, 9.17) is 0 Å². The third-order valence-electron chi connectivity index (χ3n) is 5.70. The Morgan fingerprint density at radius 2 is 2.04 bits per heavy atom. The molecule has 27 heavy (non-hydrogen) atoms. The van der Waals surface area contributed by atoms with E-state index in [0.29, 0.717) is 23.5 Å². The quantitative estimate of drug-likeness (QED) is 0.650. The molecule has 1 amide bonds. The normalized spacial score (nSPS) is 24.0. The van der Waals surface area contributed by atoms with Crippen LogP contribution in [0.5, 0.6) is 0 Å². The smallest absolute Gasteiger partial charge is 0.276 e. The largest absolute Gasteiger partial charge is 0.337 e. The molecule has 1 N–H and O–H groups in total. The van der Waals surface area contributed by atoms with Crippen molar-refractivity contribution in [1.82, 2.24) is 25.2 Å². The molecule has 0 spiro atoms. The van der Waals surface area contributed by atoms with Crippen LogP contribution in [0.2, 0.25) is 0 Å². The second kappa shape index (κ2) is 6.73. The Labute approximate surface area is 156 Å². The number of nitro benzene ring substituents is 1. The van der Waals surface area contributed by atoms with Crippen LogP contribution in [0.4, 0.5) is 5.69 Å². The maximum atomic E-state index is 13.0. The van der Waals surface area contributed by atoms with Gasteiger partial charge in [0.1, 0.15) is 0 Å². The summed E-state index contributed by atoms with van der Waals surface area (Å²) < 4.78 is 1.47. The predicted molar refractivity (Wildman–Crippen MR) is 97.8 cm³/mol. The molecule has 2 aliphatic heterocycles. The van der Waals surface area contributed by atoms with Crippen molar-refractivity contribution in [1.29, 1.82) is 0 Å². The van der Waals surface area contributed by atoms with Crippen LogP contribution in [0.3, 0.4) is 0 Å². The number of nitrogens with zero attached hydrogens (tertiary/aromatic N) is 5. The molecule has 9 heteroatoms. The van der Waals surface area contributed by atoms with Crippen molar-refractivity contribution in [3.63, 3.8) is 0 Å². The highest BCUT2D eigenvalue weighted by atomic mass is 16.6. The number of aromatic nitrogens is 3. The van der Waals surface area contributed by atoms with Gasteiger partial charge in [0, 0.05) is 37.3 Å². The van der Waals surface area contributed by atoms with E-state index in [-0.39, 0.29) is 23.3 Å². The fourth-order valence-corrected chi connectivity index (χ4v) is 4.19. The number of non-ortho nitro benzene ring substituents is 1. The minimum Gasteiger partial charge on any atom is -0.337 e. The zero-order valence-corrected chi connectivity index (χ0v) is 15.3. The minimum absolute atomic E-state index is 0.0300. The van der Waals surface area contributed by atoms with Crippen LogP contribution in [0.15, 0.2) is 24.3 Å². The third-order valence-corrected chi connectivity index (χ3v) is 5.70. The Hall–Kier alpha value is -2.81. The molecule has 142 valence electrons. The van der Waals surface area contributed by atoms with Gasteiger partial charge in [0.2, 0.25) is 0 Å². The van der Waals surface area contributed by atoms with Crippen LogP contribution in [0.1, 0.15) is 41.9 Å². The Kier molecular flexibility index (Phi) is 4.39. The first-order valence-corrected chi connectivity index (χ1v) is 9.14. The summed E-state index contributed by atoms with van der Waals surface area (Å²) in [5, 5.41) is 22.7. The van der Waals surface area contributed by atoms with Gasteiger partial charge in [-0.3, -0.25) is 14.9 Å². The summed E-state index contributed by atoms with van der Waals surface area (Å²) in [5.74, 6) is -0.157. The average Bonchev–Trinajstić information content (AvgIpc) is 3.22. The zero-order chi connectivity index (χ0) is 19.1.